The van der Waals surface area contributed by atoms with Crippen molar-refractivity contribution in [3.05, 3.63) is 82.3 Å². The molecule has 0 amide bonds. The molecule has 0 saturated carbocycles. The van der Waals surface area contributed by atoms with Crippen molar-refractivity contribution in [3.8, 4) is 22.4 Å². The maximum Gasteiger partial charge on any atom is 0.303 e. The average molecular weight is 330 g/mol. The molecule has 120 valence electrons. The first-order valence-electron chi connectivity index (χ1n) is 6.82. The third-order valence-electron chi connectivity index (χ3n) is 3.44. The highest BCUT2D eigenvalue weighted by molar-refractivity contribution is 5.83. The Labute approximate surface area is 134 Å². The van der Waals surface area contributed by atoms with Crippen molar-refractivity contribution in [1.82, 2.24) is 4.98 Å². The molecule has 0 unspecified atom stereocenters. The Morgan fingerprint density at radius 1 is 0.875 bits per heavy atom. The molecule has 3 aromatic rings. The zero-order valence-electron chi connectivity index (χ0n) is 12.0. The lowest BCUT2D eigenvalue weighted by molar-refractivity contribution is -0.383. The van der Waals surface area contributed by atoms with Crippen molar-refractivity contribution in [2.75, 3.05) is 0 Å². The number of pyridine rings is 1. The molecule has 4 nitrogen and oxygen atoms in total. The number of rotatable bonds is 3. The normalized spacial score (nSPS) is 10.6. The summed E-state index contributed by atoms with van der Waals surface area (Å²) in [5, 5.41) is 11.5. The van der Waals surface area contributed by atoms with E-state index in [0.29, 0.717) is 5.56 Å². The molecule has 0 aliphatic rings. The SMILES string of the molecule is O=[N+]([O-])c1c(-c2cc(F)ccc2F)ccnc1-c1ccc(F)cc1. The monoisotopic (exact) mass is 330 g/mol. The third-order valence-corrected chi connectivity index (χ3v) is 3.44. The van der Waals surface area contributed by atoms with E-state index in [9.17, 15) is 23.3 Å². The van der Waals surface area contributed by atoms with E-state index in [1.165, 1.54) is 24.4 Å². The second-order valence-corrected chi connectivity index (χ2v) is 4.94. The van der Waals surface area contributed by atoms with Crippen LogP contribution in [0.25, 0.3) is 22.4 Å². The standard InChI is InChI=1S/C17H9F3N2O2/c18-11-3-1-10(2-4-11)16-17(22(23)24)13(7-8-21-16)14-9-12(19)5-6-15(14)20/h1-9H. The van der Waals surface area contributed by atoms with Crippen LogP contribution in [0.15, 0.2) is 54.7 Å². The Balaban J connectivity index is 2.28. The quantitative estimate of drug-likeness (QED) is 0.515. The lowest BCUT2D eigenvalue weighted by Gasteiger charge is -2.08. The van der Waals surface area contributed by atoms with Gasteiger partial charge in [0, 0.05) is 17.3 Å². The minimum absolute atomic E-state index is 0.0545. The maximum atomic E-state index is 14.0. The molecular weight excluding hydrogens is 321 g/mol. The molecule has 7 heteroatoms. The summed E-state index contributed by atoms with van der Waals surface area (Å²) in [6.07, 6.45) is 1.26. The van der Waals surface area contributed by atoms with Crippen LogP contribution in [0.4, 0.5) is 18.9 Å². The molecule has 0 bridgehead atoms. The predicted octanol–water partition coefficient (Wildman–Crippen LogP) is 4.74. The molecule has 3 rings (SSSR count). The van der Waals surface area contributed by atoms with E-state index >= 15 is 0 Å². The van der Waals surface area contributed by atoms with Gasteiger partial charge < -0.3 is 0 Å². The molecule has 0 atom stereocenters. The molecular formula is C17H9F3N2O2. The topological polar surface area (TPSA) is 56.0 Å². The lowest BCUT2D eigenvalue weighted by Crippen LogP contribution is -1.99. The number of hydrogen-bond donors (Lipinski definition) is 0. The first kappa shape index (κ1) is 15.7. The van der Waals surface area contributed by atoms with Gasteiger partial charge >= 0.3 is 5.69 Å². The van der Waals surface area contributed by atoms with Gasteiger partial charge in [0.05, 0.1) is 10.5 Å². The van der Waals surface area contributed by atoms with E-state index in [2.05, 4.69) is 4.98 Å². The Morgan fingerprint density at radius 3 is 2.21 bits per heavy atom. The lowest BCUT2D eigenvalue weighted by atomic mass is 10.00. The maximum absolute atomic E-state index is 14.0. The molecule has 0 radical (unpaired) electrons. The van der Waals surface area contributed by atoms with Crippen LogP contribution < -0.4 is 0 Å². The fourth-order valence-corrected chi connectivity index (χ4v) is 2.38. The highest BCUT2D eigenvalue weighted by Gasteiger charge is 2.25. The van der Waals surface area contributed by atoms with Crippen LogP contribution >= 0.6 is 0 Å². The van der Waals surface area contributed by atoms with Gasteiger partial charge in [-0.25, -0.2) is 18.2 Å². The van der Waals surface area contributed by atoms with Crippen LogP contribution in [0.1, 0.15) is 0 Å². The highest BCUT2D eigenvalue weighted by Crippen LogP contribution is 2.38. The van der Waals surface area contributed by atoms with Crippen molar-refractivity contribution >= 4 is 5.69 Å². The van der Waals surface area contributed by atoms with Crippen LogP contribution in [-0.2, 0) is 0 Å². The summed E-state index contributed by atoms with van der Waals surface area (Å²) in [6.45, 7) is 0. The van der Waals surface area contributed by atoms with Crippen molar-refractivity contribution in [2.45, 2.75) is 0 Å². The number of hydrogen-bond acceptors (Lipinski definition) is 3. The molecule has 0 spiro atoms. The smallest absolute Gasteiger partial charge is 0.258 e. The molecule has 2 aromatic carbocycles. The average Bonchev–Trinajstić information content (AvgIpc) is 2.57. The summed E-state index contributed by atoms with van der Waals surface area (Å²) >= 11 is 0. The summed E-state index contributed by atoms with van der Waals surface area (Å²) < 4.78 is 40.5. The zero-order valence-corrected chi connectivity index (χ0v) is 12.0. The highest BCUT2D eigenvalue weighted by atomic mass is 19.1. The second-order valence-electron chi connectivity index (χ2n) is 4.94. The third kappa shape index (κ3) is 2.83. The molecule has 0 saturated heterocycles. The van der Waals surface area contributed by atoms with Gasteiger partial charge in [-0.3, -0.25) is 10.1 Å². The van der Waals surface area contributed by atoms with Gasteiger partial charge in [-0.1, -0.05) is 0 Å². The Morgan fingerprint density at radius 2 is 1.54 bits per heavy atom. The Hall–Kier alpha value is -3.22. The van der Waals surface area contributed by atoms with E-state index in [1.807, 2.05) is 0 Å². The second kappa shape index (κ2) is 6.11. The fourth-order valence-electron chi connectivity index (χ4n) is 2.38. The number of nitrogens with zero attached hydrogens (tertiary/aromatic N) is 2. The number of benzene rings is 2. The molecule has 0 aliphatic heterocycles. The summed E-state index contributed by atoms with van der Waals surface area (Å²) in [7, 11) is 0. The predicted molar refractivity (Wildman–Crippen MR) is 81.6 cm³/mol. The zero-order chi connectivity index (χ0) is 17.3. The van der Waals surface area contributed by atoms with E-state index in [-0.39, 0.29) is 16.8 Å². The van der Waals surface area contributed by atoms with E-state index in [1.54, 1.807) is 0 Å². The Bertz CT molecular complexity index is 928. The number of aromatic nitrogens is 1. The van der Waals surface area contributed by atoms with Crippen molar-refractivity contribution in [3.63, 3.8) is 0 Å². The number of nitro groups is 1. The van der Waals surface area contributed by atoms with Gasteiger partial charge in [0.15, 0.2) is 0 Å². The van der Waals surface area contributed by atoms with Gasteiger partial charge in [-0.05, 0) is 48.5 Å². The fraction of sp³-hybridized carbons (Fsp3) is 0. The minimum atomic E-state index is -0.796. The molecule has 1 aromatic heterocycles. The van der Waals surface area contributed by atoms with Crippen LogP contribution in [0.5, 0.6) is 0 Å². The largest absolute Gasteiger partial charge is 0.303 e. The number of halogens is 3. The van der Waals surface area contributed by atoms with Gasteiger partial charge in [0.25, 0.3) is 0 Å². The van der Waals surface area contributed by atoms with E-state index in [0.717, 1.165) is 30.3 Å². The molecule has 0 N–H and O–H groups in total. The first-order chi connectivity index (χ1) is 11.5. The van der Waals surface area contributed by atoms with Crippen LogP contribution in [-0.4, -0.2) is 9.91 Å². The van der Waals surface area contributed by atoms with Gasteiger partial charge in [-0.15, -0.1) is 0 Å². The van der Waals surface area contributed by atoms with E-state index < -0.39 is 28.1 Å². The Kier molecular flexibility index (Phi) is 3.99. The molecule has 0 aliphatic carbocycles. The summed E-state index contributed by atoms with van der Waals surface area (Å²) in [5.41, 5.74) is -0.588. The first-order valence-corrected chi connectivity index (χ1v) is 6.82. The summed E-state index contributed by atoms with van der Waals surface area (Å²) in [5.74, 6) is -2.02. The van der Waals surface area contributed by atoms with Gasteiger partial charge in [0.1, 0.15) is 23.1 Å². The minimum Gasteiger partial charge on any atom is -0.258 e. The molecule has 1 heterocycles. The summed E-state index contributed by atoms with van der Waals surface area (Å²) in [4.78, 5) is 14.8. The van der Waals surface area contributed by atoms with Crippen molar-refractivity contribution in [1.29, 1.82) is 0 Å². The summed E-state index contributed by atoms with van der Waals surface area (Å²) in [6, 6.07) is 8.87. The van der Waals surface area contributed by atoms with E-state index in [4.69, 9.17) is 0 Å². The van der Waals surface area contributed by atoms with Crippen LogP contribution in [0.3, 0.4) is 0 Å². The van der Waals surface area contributed by atoms with Crippen molar-refractivity contribution < 1.29 is 18.1 Å². The van der Waals surface area contributed by atoms with Crippen LogP contribution in [0, 0.1) is 27.6 Å². The van der Waals surface area contributed by atoms with Crippen molar-refractivity contribution in [2.24, 2.45) is 0 Å². The van der Waals surface area contributed by atoms with Gasteiger partial charge in [-0.2, -0.15) is 0 Å². The van der Waals surface area contributed by atoms with Crippen LogP contribution in [0.2, 0.25) is 0 Å². The molecule has 0 fully saturated rings. The van der Waals surface area contributed by atoms with Gasteiger partial charge in [0.2, 0.25) is 0 Å². The molecule has 24 heavy (non-hydrogen) atoms.